The van der Waals surface area contributed by atoms with Crippen molar-refractivity contribution in [2.45, 2.75) is 25.9 Å². The van der Waals surface area contributed by atoms with Gasteiger partial charge in [-0.3, -0.25) is 0 Å². The van der Waals surface area contributed by atoms with Crippen LogP contribution in [0.1, 0.15) is 37.1 Å². The Hall–Kier alpha value is -3.29. The van der Waals surface area contributed by atoms with Gasteiger partial charge in [0.2, 0.25) is 0 Å². The summed E-state index contributed by atoms with van der Waals surface area (Å²) in [7, 11) is 0. The SMILES string of the molecule is CC(C)COC(=O)N1[C@H](c2ccccc2)[C@H]2COc3ccc(F)cc3C2N1C(N)=O. The Morgan fingerprint density at radius 3 is 2.57 bits per heavy atom. The molecule has 0 aliphatic carbocycles. The molecule has 30 heavy (non-hydrogen) atoms. The van der Waals surface area contributed by atoms with Crippen LogP contribution in [-0.4, -0.2) is 35.4 Å². The second kappa shape index (κ2) is 7.85. The summed E-state index contributed by atoms with van der Waals surface area (Å²) in [5, 5.41) is 2.45. The van der Waals surface area contributed by atoms with E-state index in [-0.39, 0.29) is 25.0 Å². The van der Waals surface area contributed by atoms with E-state index < -0.39 is 30.0 Å². The molecule has 2 aromatic rings. The Kier molecular flexibility index (Phi) is 5.24. The third kappa shape index (κ3) is 3.42. The molecule has 2 aliphatic heterocycles. The molecule has 1 fully saturated rings. The van der Waals surface area contributed by atoms with Crippen LogP contribution in [0.5, 0.6) is 5.75 Å². The zero-order valence-corrected chi connectivity index (χ0v) is 16.8. The number of ether oxygens (including phenoxy) is 2. The van der Waals surface area contributed by atoms with Gasteiger partial charge in [-0.2, -0.15) is 0 Å². The van der Waals surface area contributed by atoms with E-state index in [2.05, 4.69) is 0 Å². The molecular formula is C22H24FN3O4. The lowest BCUT2D eigenvalue weighted by Crippen LogP contribution is -2.49. The highest BCUT2D eigenvalue weighted by Crippen LogP contribution is 2.53. The number of primary amides is 1. The van der Waals surface area contributed by atoms with E-state index in [1.807, 2.05) is 44.2 Å². The second-order valence-electron chi connectivity index (χ2n) is 7.96. The molecule has 0 aromatic heterocycles. The molecule has 3 amide bonds. The maximum absolute atomic E-state index is 14.1. The lowest BCUT2D eigenvalue weighted by Gasteiger charge is -2.33. The molecule has 0 saturated carbocycles. The average molecular weight is 413 g/mol. The minimum absolute atomic E-state index is 0.120. The molecule has 1 unspecified atom stereocenters. The highest BCUT2D eigenvalue weighted by Gasteiger charge is 2.55. The number of carbonyl (C=O) groups is 2. The van der Waals surface area contributed by atoms with Gasteiger partial charge in [0, 0.05) is 11.5 Å². The van der Waals surface area contributed by atoms with Gasteiger partial charge in [0.25, 0.3) is 0 Å². The van der Waals surface area contributed by atoms with E-state index in [1.165, 1.54) is 28.2 Å². The van der Waals surface area contributed by atoms with Crippen molar-refractivity contribution in [2.24, 2.45) is 17.6 Å². The molecule has 0 radical (unpaired) electrons. The van der Waals surface area contributed by atoms with Gasteiger partial charge in [0.15, 0.2) is 0 Å². The zero-order chi connectivity index (χ0) is 21.4. The number of hydrazine groups is 1. The number of nitrogens with zero attached hydrogens (tertiary/aromatic N) is 2. The molecule has 2 N–H and O–H groups in total. The lowest BCUT2D eigenvalue weighted by molar-refractivity contribution is 0.00146. The fraction of sp³-hybridized carbons (Fsp3) is 0.364. The van der Waals surface area contributed by atoms with Crippen LogP contribution in [0.25, 0.3) is 0 Å². The minimum Gasteiger partial charge on any atom is -0.493 e. The van der Waals surface area contributed by atoms with Crippen molar-refractivity contribution in [2.75, 3.05) is 13.2 Å². The van der Waals surface area contributed by atoms with Gasteiger partial charge in [0.1, 0.15) is 11.6 Å². The summed E-state index contributed by atoms with van der Waals surface area (Å²) in [6.07, 6.45) is -0.677. The van der Waals surface area contributed by atoms with Crippen LogP contribution in [0, 0.1) is 17.7 Å². The Labute approximate surface area is 174 Å². The van der Waals surface area contributed by atoms with E-state index in [0.29, 0.717) is 11.3 Å². The molecule has 7 nitrogen and oxygen atoms in total. The maximum Gasteiger partial charge on any atom is 0.429 e. The van der Waals surface area contributed by atoms with E-state index >= 15 is 0 Å². The summed E-state index contributed by atoms with van der Waals surface area (Å²) in [4.78, 5) is 25.7. The normalized spacial score (nSPS) is 22.3. The van der Waals surface area contributed by atoms with Crippen LogP contribution in [0.15, 0.2) is 48.5 Å². The summed E-state index contributed by atoms with van der Waals surface area (Å²) >= 11 is 0. The van der Waals surface area contributed by atoms with E-state index in [0.717, 1.165) is 5.56 Å². The lowest BCUT2D eigenvalue weighted by atomic mass is 9.84. The van der Waals surface area contributed by atoms with Crippen molar-refractivity contribution >= 4 is 12.1 Å². The minimum atomic E-state index is -0.818. The number of hydrogen-bond acceptors (Lipinski definition) is 4. The summed E-state index contributed by atoms with van der Waals surface area (Å²) in [6, 6.07) is 11.4. The van der Waals surface area contributed by atoms with Crippen molar-refractivity contribution in [1.29, 1.82) is 0 Å². The Bertz CT molecular complexity index is 953. The Balaban J connectivity index is 1.83. The van der Waals surface area contributed by atoms with Crippen LogP contribution >= 0.6 is 0 Å². The highest BCUT2D eigenvalue weighted by atomic mass is 19.1. The number of fused-ring (bicyclic) bond motifs is 3. The van der Waals surface area contributed by atoms with Crippen LogP contribution in [0.4, 0.5) is 14.0 Å². The molecule has 4 rings (SSSR count). The van der Waals surface area contributed by atoms with Crippen molar-refractivity contribution in [3.05, 3.63) is 65.5 Å². The van der Waals surface area contributed by atoms with Crippen LogP contribution in [-0.2, 0) is 4.74 Å². The predicted molar refractivity (Wildman–Crippen MR) is 107 cm³/mol. The first-order valence-corrected chi connectivity index (χ1v) is 9.90. The zero-order valence-electron chi connectivity index (χ0n) is 16.8. The Morgan fingerprint density at radius 1 is 1.17 bits per heavy atom. The molecule has 3 atom stereocenters. The molecule has 8 heteroatoms. The van der Waals surface area contributed by atoms with Gasteiger partial charge in [-0.25, -0.2) is 24.0 Å². The molecule has 2 heterocycles. The summed E-state index contributed by atoms with van der Waals surface area (Å²) in [6.45, 7) is 4.27. The fourth-order valence-corrected chi connectivity index (χ4v) is 4.20. The molecule has 2 aliphatic rings. The molecule has 1 saturated heterocycles. The number of hydrogen-bond donors (Lipinski definition) is 1. The number of nitrogens with two attached hydrogens (primary N) is 1. The van der Waals surface area contributed by atoms with Gasteiger partial charge >= 0.3 is 12.1 Å². The summed E-state index contributed by atoms with van der Waals surface area (Å²) in [5.41, 5.74) is 7.01. The van der Waals surface area contributed by atoms with Gasteiger partial charge in [-0.1, -0.05) is 44.2 Å². The van der Waals surface area contributed by atoms with Gasteiger partial charge in [-0.05, 0) is 29.7 Å². The molecule has 158 valence electrons. The third-order valence-electron chi connectivity index (χ3n) is 5.39. The second-order valence-corrected chi connectivity index (χ2v) is 7.96. The van der Waals surface area contributed by atoms with E-state index in [9.17, 15) is 14.0 Å². The Morgan fingerprint density at radius 2 is 1.90 bits per heavy atom. The standard InChI is InChI=1S/C22H24FN3O4/c1-13(2)11-30-22(28)26-19(14-6-4-3-5-7-14)17-12-29-18-9-8-15(23)10-16(18)20(17)25(26)21(24)27/h3-10,13,17,19-20H,11-12H2,1-2H3,(H2,24,27)/t17-,19-,20?/m1/s1. The third-order valence-corrected chi connectivity index (χ3v) is 5.39. The van der Waals surface area contributed by atoms with Crippen molar-refractivity contribution in [3.63, 3.8) is 0 Å². The topological polar surface area (TPSA) is 85.1 Å². The molecule has 0 spiro atoms. The number of benzene rings is 2. The first kappa shape index (κ1) is 20.0. The first-order valence-electron chi connectivity index (χ1n) is 9.90. The fourth-order valence-electron chi connectivity index (χ4n) is 4.20. The van der Waals surface area contributed by atoms with Crippen molar-refractivity contribution < 1.29 is 23.5 Å². The number of rotatable bonds is 3. The van der Waals surface area contributed by atoms with E-state index in [4.69, 9.17) is 15.2 Å². The summed E-state index contributed by atoms with van der Waals surface area (Å²) in [5.74, 6) is -0.220. The smallest absolute Gasteiger partial charge is 0.429 e. The van der Waals surface area contributed by atoms with E-state index in [1.54, 1.807) is 0 Å². The number of halogens is 1. The molecular weight excluding hydrogens is 389 g/mol. The molecule has 0 bridgehead atoms. The number of urea groups is 1. The van der Waals surface area contributed by atoms with Crippen LogP contribution in [0.2, 0.25) is 0 Å². The van der Waals surface area contributed by atoms with Gasteiger partial charge in [0.05, 0.1) is 25.3 Å². The van der Waals surface area contributed by atoms with Gasteiger partial charge < -0.3 is 15.2 Å². The van der Waals surface area contributed by atoms with Crippen molar-refractivity contribution in [3.8, 4) is 5.75 Å². The monoisotopic (exact) mass is 413 g/mol. The quantitative estimate of drug-likeness (QED) is 0.824. The van der Waals surface area contributed by atoms with Crippen LogP contribution < -0.4 is 10.5 Å². The van der Waals surface area contributed by atoms with Gasteiger partial charge in [-0.15, -0.1) is 0 Å². The number of amides is 3. The summed E-state index contributed by atoms with van der Waals surface area (Å²) < 4.78 is 25.4. The first-order chi connectivity index (χ1) is 14.4. The largest absolute Gasteiger partial charge is 0.493 e. The number of carbonyl (C=O) groups excluding carboxylic acids is 2. The maximum atomic E-state index is 14.1. The highest BCUT2D eigenvalue weighted by molar-refractivity contribution is 5.79. The van der Waals surface area contributed by atoms with Crippen LogP contribution in [0.3, 0.4) is 0 Å². The average Bonchev–Trinajstić information content (AvgIpc) is 3.08. The predicted octanol–water partition coefficient (Wildman–Crippen LogP) is 4.02. The van der Waals surface area contributed by atoms with Crippen molar-refractivity contribution in [1.82, 2.24) is 10.0 Å². The molecule has 2 aromatic carbocycles.